The van der Waals surface area contributed by atoms with Crippen LogP contribution in [0.15, 0.2) is 12.2 Å². The van der Waals surface area contributed by atoms with Gasteiger partial charge in [-0.1, -0.05) is 12.2 Å². The van der Waals surface area contributed by atoms with E-state index in [9.17, 15) is 4.79 Å². The highest BCUT2D eigenvalue weighted by atomic mass is 16.5. The second-order valence-electron chi connectivity index (χ2n) is 2.82. The molecule has 1 unspecified atom stereocenters. The van der Waals surface area contributed by atoms with Crippen molar-refractivity contribution < 1.29 is 14.3 Å². The van der Waals surface area contributed by atoms with E-state index in [1.807, 2.05) is 12.2 Å². The third-order valence-electron chi connectivity index (χ3n) is 1.89. The first-order valence-corrected chi connectivity index (χ1v) is 4.15. The number of carbonyl (C=O) groups is 1. The molecule has 0 bridgehead atoms. The van der Waals surface area contributed by atoms with Gasteiger partial charge in [-0.25, -0.2) is 0 Å². The smallest absolute Gasteiger partial charge is 0.309 e. The Hall–Kier alpha value is -0.830. The molecular formula is C9H14O3. The maximum Gasteiger partial charge on any atom is 0.309 e. The number of hydrogen-bond acceptors (Lipinski definition) is 3. The molecule has 3 nitrogen and oxygen atoms in total. The Morgan fingerprint density at radius 3 is 3.08 bits per heavy atom. The summed E-state index contributed by atoms with van der Waals surface area (Å²) in [6.07, 6.45) is 5.53. The van der Waals surface area contributed by atoms with Crippen molar-refractivity contribution in [1.82, 2.24) is 0 Å². The zero-order valence-electron chi connectivity index (χ0n) is 7.29. The van der Waals surface area contributed by atoms with Crippen molar-refractivity contribution in [3.05, 3.63) is 12.2 Å². The minimum Gasteiger partial charge on any atom is -0.465 e. The largest absolute Gasteiger partial charge is 0.465 e. The van der Waals surface area contributed by atoms with Crippen LogP contribution in [0.5, 0.6) is 0 Å². The van der Waals surface area contributed by atoms with Gasteiger partial charge in [-0.3, -0.25) is 4.79 Å². The molecule has 1 heterocycles. The highest BCUT2D eigenvalue weighted by molar-refractivity contribution is 5.74. The van der Waals surface area contributed by atoms with Crippen molar-refractivity contribution in [1.29, 1.82) is 0 Å². The molecule has 1 atom stereocenters. The fourth-order valence-corrected chi connectivity index (χ4v) is 1.18. The second-order valence-corrected chi connectivity index (χ2v) is 2.82. The topological polar surface area (TPSA) is 35.5 Å². The van der Waals surface area contributed by atoms with Gasteiger partial charge in [0.25, 0.3) is 0 Å². The Labute approximate surface area is 72.4 Å². The number of carbonyl (C=O) groups excluding carboxylic acids is 1. The molecule has 0 spiro atoms. The Balaban J connectivity index is 2.18. The Kier molecular flexibility index (Phi) is 3.80. The SMILES string of the molecule is COC/C=C\CC1CCOC1=O. The third-order valence-corrected chi connectivity index (χ3v) is 1.89. The number of cyclic esters (lactones) is 1. The number of ether oxygens (including phenoxy) is 2. The van der Waals surface area contributed by atoms with E-state index < -0.39 is 0 Å². The fourth-order valence-electron chi connectivity index (χ4n) is 1.18. The molecule has 1 aliphatic rings. The van der Waals surface area contributed by atoms with Crippen molar-refractivity contribution in [2.75, 3.05) is 20.3 Å². The van der Waals surface area contributed by atoms with Crippen LogP contribution >= 0.6 is 0 Å². The monoisotopic (exact) mass is 170 g/mol. The lowest BCUT2D eigenvalue weighted by atomic mass is 10.0. The van der Waals surface area contributed by atoms with Crippen LogP contribution < -0.4 is 0 Å². The number of hydrogen-bond donors (Lipinski definition) is 0. The maximum absolute atomic E-state index is 11.0. The number of esters is 1. The zero-order chi connectivity index (χ0) is 8.81. The van der Waals surface area contributed by atoms with Crippen LogP contribution in [-0.4, -0.2) is 26.3 Å². The van der Waals surface area contributed by atoms with Crippen LogP contribution in [0.2, 0.25) is 0 Å². The molecule has 1 rings (SSSR count). The summed E-state index contributed by atoms with van der Waals surface area (Å²) < 4.78 is 9.65. The number of methoxy groups -OCH3 is 1. The minimum absolute atomic E-state index is 0.0583. The lowest BCUT2D eigenvalue weighted by molar-refractivity contribution is -0.141. The summed E-state index contributed by atoms with van der Waals surface area (Å²) in [6.45, 7) is 1.20. The summed E-state index contributed by atoms with van der Waals surface area (Å²) in [5.74, 6) is 0.0233. The van der Waals surface area contributed by atoms with Crippen molar-refractivity contribution in [2.24, 2.45) is 5.92 Å². The zero-order valence-corrected chi connectivity index (χ0v) is 7.29. The van der Waals surface area contributed by atoms with Gasteiger partial charge in [0.05, 0.1) is 19.1 Å². The van der Waals surface area contributed by atoms with Crippen LogP contribution in [-0.2, 0) is 14.3 Å². The van der Waals surface area contributed by atoms with Crippen LogP contribution in [0.25, 0.3) is 0 Å². The highest BCUT2D eigenvalue weighted by Gasteiger charge is 2.24. The van der Waals surface area contributed by atoms with E-state index in [1.165, 1.54) is 0 Å². The Bertz CT molecular complexity index is 175. The van der Waals surface area contributed by atoms with Crippen LogP contribution in [0.4, 0.5) is 0 Å². The molecule has 0 aromatic carbocycles. The van der Waals surface area contributed by atoms with E-state index in [0.717, 1.165) is 12.8 Å². The lowest BCUT2D eigenvalue weighted by Gasteiger charge is -1.98. The molecule has 12 heavy (non-hydrogen) atoms. The average Bonchev–Trinajstić information content (AvgIpc) is 2.46. The molecular weight excluding hydrogens is 156 g/mol. The van der Waals surface area contributed by atoms with Gasteiger partial charge >= 0.3 is 5.97 Å². The summed E-state index contributed by atoms with van der Waals surface area (Å²) >= 11 is 0. The first-order chi connectivity index (χ1) is 5.84. The Morgan fingerprint density at radius 2 is 2.50 bits per heavy atom. The molecule has 1 aliphatic heterocycles. The Morgan fingerprint density at radius 1 is 1.67 bits per heavy atom. The van der Waals surface area contributed by atoms with Crippen LogP contribution in [0, 0.1) is 5.92 Å². The predicted molar refractivity (Wildman–Crippen MR) is 44.7 cm³/mol. The van der Waals surface area contributed by atoms with Gasteiger partial charge in [-0.2, -0.15) is 0 Å². The molecule has 0 aromatic rings. The minimum atomic E-state index is -0.0583. The van der Waals surface area contributed by atoms with E-state index in [0.29, 0.717) is 13.2 Å². The molecule has 0 radical (unpaired) electrons. The van der Waals surface area contributed by atoms with Gasteiger partial charge in [0.1, 0.15) is 0 Å². The van der Waals surface area contributed by atoms with Crippen LogP contribution in [0.1, 0.15) is 12.8 Å². The summed E-state index contributed by atoms with van der Waals surface area (Å²) in [5.41, 5.74) is 0. The van der Waals surface area contributed by atoms with Gasteiger partial charge in [-0.05, 0) is 12.8 Å². The molecule has 1 saturated heterocycles. The molecule has 0 amide bonds. The quantitative estimate of drug-likeness (QED) is 0.469. The van der Waals surface area contributed by atoms with Gasteiger partial charge in [0.15, 0.2) is 0 Å². The second kappa shape index (κ2) is 4.93. The van der Waals surface area contributed by atoms with Crippen molar-refractivity contribution in [2.45, 2.75) is 12.8 Å². The van der Waals surface area contributed by atoms with E-state index in [4.69, 9.17) is 9.47 Å². The summed E-state index contributed by atoms with van der Waals surface area (Å²) in [5, 5.41) is 0. The van der Waals surface area contributed by atoms with Gasteiger partial charge < -0.3 is 9.47 Å². The summed E-state index contributed by atoms with van der Waals surface area (Å²) in [4.78, 5) is 11.0. The summed E-state index contributed by atoms with van der Waals surface area (Å²) in [7, 11) is 1.65. The molecule has 0 saturated carbocycles. The average molecular weight is 170 g/mol. The van der Waals surface area contributed by atoms with Crippen LogP contribution in [0.3, 0.4) is 0 Å². The molecule has 68 valence electrons. The first-order valence-electron chi connectivity index (χ1n) is 4.15. The normalized spacial score (nSPS) is 23.4. The van der Waals surface area contributed by atoms with Gasteiger partial charge in [-0.15, -0.1) is 0 Å². The van der Waals surface area contributed by atoms with Crippen molar-refractivity contribution in [3.63, 3.8) is 0 Å². The first kappa shape index (κ1) is 9.26. The molecule has 3 heteroatoms. The molecule has 0 N–H and O–H groups in total. The third kappa shape index (κ3) is 2.66. The van der Waals surface area contributed by atoms with Crippen molar-refractivity contribution in [3.8, 4) is 0 Å². The van der Waals surface area contributed by atoms with E-state index >= 15 is 0 Å². The van der Waals surface area contributed by atoms with E-state index in [2.05, 4.69) is 0 Å². The standard InChI is InChI=1S/C9H14O3/c1-11-6-3-2-4-8-5-7-12-9(8)10/h2-3,8H,4-7H2,1H3/b3-2-. The van der Waals surface area contributed by atoms with E-state index in [-0.39, 0.29) is 11.9 Å². The lowest BCUT2D eigenvalue weighted by Crippen LogP contribution is -2.05. The summed E-state index contributed by atoms with van der Waals surface area (Å²) in [6, 6.07) is 0. The van der Waals surface area contributed by atoms with Crippen molar-refractivity contribution >= 4 is 5.97 Å². The van der Waals surface area contributed by atoms with E-state index in [1.54, 1.807) is 7.11 Å². The number of rotatable bonds is 4. The predicted octanol–water partition coefficient (Wildman–Crippen LogP) is 1.14. The fraction of sp³-hybridized carbons (Fsp3) is 0.667. The maximum atomic E-state index is 11.0. The molecule has 1 fully saturated rings. The highest BCUT2D eigenvalue weighted by Crippen LogP contribution is 2.18. The van der Waals surface area contributed by atoms with Gasteiger partial charge in [0, 0.05) is 7.11 Å². The number of allylic oxidation sites excluding steroid dienone is 1. The van der Waals surface area contributed by atoms with Gasteiger partial charge in [0.2, 0.25) is 0 Å². The molecule has 0 aromatic heterocycles. The molecule has 0 aliphatic carbocycles.